The minimum absolute atomic E-state index is 0.148. The third kappa shape index (κ3) is 2.86. The highest BCUT2D eigenvalue weighted by Crippen LogP contribution is 2.22. The van der Waals surface area contributed by atoms with Crippen molar-refractivity contribution in [2.75, 3.05) is 6.61 Å². The van der Waals surface area contributed by atoms with Crippen molar-refractivity contribution in [3.05, 3.63) is 0 Å². The van der Waals surface area contributed by atoms with Gasteiger partial charge in [0.05, 0.1) is 6.07 Å². The van der Waals surface area contributed by atoms with E-state index in [1.165, 1.54) is 13.8 Å². The topological polar surface area (TPSA) is 67.2 Å². The summed E-state index contributed by atoms with van der Waals surface area (Å²) in [5, 5.41) is 8.80. The summed E-state index contributed by atoms with van der Waals surface area (Å²) in [6.45, 7) is 4.15. The molecule has 0 saturated heterocycles. The fourth-order valence-electron chi connectivity index (χ4n) is 0.868. The Morgan fingerprint density at radius 1 is 1.46 bits per heavy atom. The van der Waals surface area contributed by atoms with Crippen LogP contribution in [0.5, 0.6) is 0 Å². The van der Waals surface area contributed by atoms with Gasteiger partial charge in [0, 0.05) is 6.92 Å². The van der Waals surface area contributed by atoms with Gasteiger partial charge in [-0.05, 0) is 13.3 Å². The van der Waals surface area contributed by atoms with Crippen LogP contribution in [0.3, 0.4) is 0 Å². The van der Waals surface area contributed by atoms with Crippen molar-refractivity contribution in [3.8, 4) is 6.07 Å². The molecule has 4 heteroatoms. The number of nitriles is 1. The quantitative estimate of drug-likeness (QED) is 0.611. The Bertz CT molecular complexity index is 254. The zero-order valence-electron chi connectivity index (χ0n) is 8.09. The molecule has 13 heavy (non-hydrogen) atoms. The van der Waals surface area contributed by atoms with E-state index in [2.05, 4.69) is 4.74 Å². The molecule has 0 aliphatic rings. The molecule has 0 aliphatic heterocycles. The van der Waals surface area contributed by atoms with Crippen molar-refractivity contribution in [1.29, 1.82) is 5.26 Å². The number of ether oxygens (including phenoxy) is 1. The number of hydrogen-bond donors (Lipinski definition) is 0. The van der Waals surface area contributed by atoms with Crippen molar-refractivity contribution < 1.29 is 14.3 Å². The minimum Gasteiger partial charge on any atom is -0.464 e. The van der Waals surface area contributed by atoms with Crippen LogP contribution in [-0.2, 0) is 14.3 Å². The van der Waals surface area contributed by atoms with Gasteiger partial charge in [0.1, 0.15) is 12.0 Å². The third-order valence-corrected chi connectivity index (χ3v) is 2.01. The van der Waals surface area contributed by atoms with Gasteiger partial charge in [-0.15, -0.1) is 0 Å². The van der Waals surface area contributed by atoms with Crippen LogP contribution in [0.1, 0.15) is 27.2 Å². The maximum atomic E-state index is 11.1. The summed E-state index contributed by atoms with van der Waals surface area (Å²) in [5.41, 5.74) is -1.16. The SMILES string of the molecule is CCC(C#N)(COC(C)=O)C(C)=O. The molecule has 0 amide bonds. The van der Waals surface area contributed by atoms with E-state index in [0.29, 0.717) is 6.42 Å². The zero-order chi connectivity index (χ0) is 10.5. The van der Waals surface area contributed by atoms with E-state index in [1.807, 2.05) is 6.07 Å². The van der Waals surface area contributed by atoms with E-state index in [-0.39, 0.29) is 12.4 Å². The second-order valence-corrected chi connectivity index (χ2v) is 2.88. The lowest BCUT2D eigenvalue weighted by atomic mass is 9.84. The van der Waals surface area contributed by atoms with Crippen molar-refractivity contribution in [2.24, 2.45) is 5.41 Å². The molecule has 0 aromatic heterocycles. The molecule has 0 fully saturated rings. The van der Waals surface area contributed by atoms with Crippen molar-refractivity contribution >= 4 is 11.8 Å². The van der Waals surface area contributed by atoms with Gasteiger partial charge in [0.2, 0.25) is 0 Å². The average molecular weight is 183 g/mol. The van der Waals surface area contributed by atoms with Crippen molar-refractivity contribution in [1.82, 2.24) is 0 Å². The molecule has 0 saturated carbocycles. The molecule has 0 spiro atoms. The van der Waals surface area contributed by atoms with Gasteiger partial charge < -0.3 is 4.74 Å². The van der Waals surface area contributed by atoms with Crippen LogP contribution in [0.4, 0.5) is 0 Å². The Labute approximate surface area is 77.5 Å². The molecule has 0 aliphatic carbocycles. The third-order valence-electron chi connectivity index (χ3n) is 2.01. The molecule has 1 unspecified atom stereocenters. The van der Waals surface area contributed by atoms with E-state index in [9.17, 15) is 9.59 Å². The van der Waals surface area contributed by atoms with Crippen LogP contribution in [0.15, 0.2) is 0 Å². The first kappa shape index (κ1) is 11.6. The summed E-state index contributed by atoms with van der Waals surface area (Å²) in [6, 6.07) is 1.89. The van der Waals surface area contributed by atoms with Crippen molar-refractivity contribution in [2.45, 2.75) is 27.2 Å². The lowest BCUT2D eigenvalue weighted by molar-refractivity contribution is -0.145. The summed E-state index contributed by atoms with van der Waals surface area (Å²) in [5.74, 6) is -0.743. The Morgan fingerprint density at radius 3 is 2.23 bits per heavy atom. The Hall–Kier alpha value is -1.37. The molecular weight excluding hydrogens is 170 g/mol. The summed E-state index contributed by atoms with van der Waals surface area (Å²) < 4.78 is 4.67. The summed E-state index contributed by atoms with van der Waals surface area (Å²) in [6.07, 6.45) is 0.353. The normalized spacial score (nSPS) is 14.0. The van der Waals surface area contributed by atoms with E-state index in [1.54, 1.807) is 6.92 Å². The fourth-order valence-corrected chi connectivity index (χ4v) is 0.868. The van der Waals surface area contributed by atoms with E-state index >= 15 is 0 Å². The lowest BCUT2D eigenvalue weighted by Crippen LogP contribution is -2.32. The first-order valence-corrected chi connectivity index (χ1v) is 4.04. The number of carbonyl (C=O) groups excluding carboxylic acids is 2. The highest BCUT2D eigenvalue weighted by Gasteiger charge is 2.35. The van der Waals surface area contributed by atoms with Crippen LogP contribution in [0.25, 0.3) is 0 Å². The number of carbonyl (C=O) groups is 2. The van der Waals surface area contributed by atoms with Crippen molar-refractivity contribution in [3.63, 3.8) is 0 Å². The second kappa shape index (κ2) is 4.61. The molecule has 0 bridgehead atoms. The van der Waals surface area contributed by atoms with Gasteiger partial charge in [-0.1, -0.05) is 6.92 Å². The van der Waals surface area contributed by atoms with Gasteiger partial charge in [0.15, 0.2) is 5.78 Å². The van der Waals surface area contributed by atoms with Crippen LogP contribution in [0, 0.1) is 16.7 Å². The van der Waals surface area contributed by atoms with Gasteiger partial charge >= 0.3 is 5.97 Å². The standard InChI is InChI=1S/C9H13NO3/c1-4-9(5-10,7(2)11)6-13-8(3)12/h4,6H2,1-3H3. The second-order valence-electron chi connectivity index (χ2n) is 2.88. The smallest absolute Gasteiger partial charge is 0.302 e. The zero-order valence-corrected chi connectivity index (χ0v) is 8.09. The van der Waals surface area contributed by atoms with E-state index in [4.69, 9.17) is 5.26 Å². The largest absolute Gasteiger partial charge is 0.464 e. The van der Waals surface area contributed by atoms with Crippen LogP contribution < -0.4 is 0 Å². The van der Waals surface area contributed by atoms with Gasteiger partial charge in [0.25, 0.3) is 0 Å². The predicted octanol–water partition coefficient (Wildman–Crippen LogP) is 1.06. The lowest BCUT2D eigenvalue weighted by Gasteiger charge is -2.20. The number of Topliss-reactive ketones (excluding diaryl/α,β-unsaturated/α-hetero) is 1. The fraction of sp³-hybridized carbons (Fsp3) is 0.667. The molecule has 0 radical (unpaired) electrons. The van der Waals surface area contributed by atoms with E-state index < -0.39 is 11.4 Å². The molecule has 0 rings (SSSR count). The Balaban J connectivity index is 4.52. The number of rotatable bonds is 4. The first-order chi connectivity index (χ1) is 5.98. The van der Waals surface area contributed by atoms with Gasteiger partial charge in [-0.2, -0.15) is 5.26 Å². The molecule has 1 atom stereocenters. The molecule has 0 aromatic carbocycles. The maximum absolute atomic E-state index is 11.1. The number of nitrogens with zero attached hydrogens (tertiary/aromatic N) is 1. The molecule has 72 valence electrons. The summed E-state index contributed by atoms with van der Waals surface area (Å²) in [4.78, 5) is 21.6. The predicted molar refractivity (Wildman–Crippen MR) is 45.7 cm³/mol. The molecule has 0 aromatic rings. The van der Waals surface area contributed by atoms with Gasteiger partial charge in [-0.25, -0.2) is 0 Å². The number of esters is 1. The monoisotopic (exact) mass is 183 g/mol. The molecule has 0 N–H and O–H groups in total. The summed E-state index contributed by atoms with van der Waals surface area (Å²) >= 11 is 0. The Kier molecular flexibility index (Phi) is 4.12. The maximum Gasteiger partial charge on any atom is 0.302 e. The van der Waals surface area contributed by atoms with E-state index in [0.717, 1.165) is 0 Å². The molecule has 4 nitrogen and oxygen atoms in total. The number of ketones is 1. The Morgan fingerprint density at radius 2 is 2.00 bits per heavy atom. The highest BCUT2D eigenvalue weighted by atomic mass is 16.5. The minimum atomic E-state index is -1.16. The molecule has 0 heterocycles. The van der Waals surface area contributed by atoms with Crippen LogP contribution >= 0.6 is 0 Å². The highest BCUT2D eigenvalue weighted by molar-refractivity contribution is 5.85. The molecular formula is C9H13NO3. The average Bonchev–Trinajstić information content (AvgIpc) is 2.06. The van der Waals surface area contributed by atoms with Gasteiger partial charge in [-0.3, -0.25) is 9.59 Å². The summed E-state index contributed by atoms with van der Waals surface area (Å²) in [7, 11) is 0. The number of hydrogen-bond acceptors (Lipinski definition) is 4. The first-order valence-electron chi connectivity index (χ1n) is 4.04. The van der Waals surface area contributed by atoms with Crippen LogP contribution in [0.2, 0.25) is 0 Å². The van der Waals surface area contributed by atoms with Crippen LogP contribution in [-0.4, -0.2) is 18.4 Å².